The molecule has 1 N–H and O–H groups in total. The Bertz CT molecular complexity index is 527. The number of hydrogen-bond acceptors (Lipinski definition) is 3. The lowest BCUT2D eigenvalue weighted by Crippen LogP contribution is -2.34. The lowest BCUT2D eigenvalue weighted by atomic mass is 10.2. The Hall–Kier alpha value is -0.590. The molecule has 0 aromatic heterocycles. The fraction of sp³-hybridized carbons (Fsp3) is 0.273. The van der Waals surface area contributed by atoms with Crippen molar-refractivity contribution < 1.29 is 14.4 Å². The van der Waals surface area contributed by atoms with E-state index in [0.29, 0.717) is 26.2 Å². The van der Waals surface area contributed by atoms with Crippen LogP contribution in [0.5, 0.6) is 0 Å². The molecule has 2 rings (SSSR count). The van der Waals surface area contributed by atoms with Gasteiger partial charge in [-0.2, -0.15) is 0 Å². The summed E-state index contributed by atoms with van der Waals surface area (Å²) in [6, 6.07) is 4.96. The standard InChI is InChI=1S/C11H11Cl2NO3S/c1-6-7(2)18(16)14(11(6)17-15)10-8(12)4-3-5-9(10)13/h3-5,11,15H,1-2H3/t11-,18?/m1/s1. The largest absolute Gasteiger partial charge is 0.251 e. The number of benzene rings is 1. The van der Waals surface area contributed by atoms with Crippen molar-refractivity contribution in [1.82, 2.24) is 0 Å². The van der Waals surface area contributed by atoms with Gasteiger partial charge in [0.25, 0.3) is 0 Å². The SMILES string of the molecule is CC1=C(C)S(=O)N(c2c(Cl)cccc2Cl)[C@@H]1OO. The van der Waals surface area contributed by atoms with Crippen LogP contribution in [-0.4, -0.2) is 15.7 Å². The molecule has 0 spiro atoms. The number of nitrogens with zero attached hydrogens (tertiary/aromatic N) is 1. The van der Waals surface area contributed by atoms with E-state index in [2.05, 4.69) is 4.89 Å². The van der Waals surface area contributed by atoms with Crippen LogP contribution in [0, 0.1) is 0 Å². The fourth-order valence-electron chi connectivity index (χ4n) is 1.74. The van der Waals surface area contributed by atoms with Crippen LogP contribution < -0.4 is 4.31 Å². The highest BCUT2D eigenvalue weighted by atomic mass is 35.5. The van der Waals surface area contributed by atoms with Crippen LogP contribution in [0.25, 0.3) is 0 Å². The van der Waals surface area contributed by atoms with Gasteiger partial charge in [-0.3, -0.25) is 4.31 Å². The van der Waals surface area contributed by atoms with E-state index < -0.39 is 17.2 Å². The molecule has 1 aromatic rings. The van der Waals surface area contributed by atoms with Gasteiger partial charge in [-0.05, 0) is 31.6 Å². The Morgan fingerprint density at radius 2 is 1.89 bits per heavy atom. The van der Waals surface area contributed by atoms with Crippen molar-refractivity contribution in [3.05, 3.63) is 38.7 Å². The lowest BCUT2D eigenvalue weighted by Gasteiger charge is -2.25. The molecule has 0 bridgehead atoms. The second-order valence-electron chi connectivity index (χ2n) is 3.84. The molecule has 0 saturated carbocycles. The first kappa shape index (κ1) is 13.8. The Balaban J connectivity index is 2.55. The zero-order valence-electron chi connectivity index (χ0n) is 9.68. The summed E-state index contributed by atoms with van der Waals surface area (Å²) in [5.41, 5.74) is 1.06. The predicted molar refractivity (Wildman–Crippen MR) is 73.0 cm³/mol. The average Bonchev–Trinajstić information content (AvgIpc) is 2.54. The molecule has 0 fully saturated rings. The minimum atomic E-state index is -1.48. The first-order valence-electron chi connectivity index (χ1n) is 5.11. The summed E-state index contributed by atoms with van der Waals surface area (Å²) in [5, 5.41) is 9.68. The lowest BCUT2D eigenvalue weighted by molar-refractivity contribution is -0.264. The smallest absolute Gasteiger partial charge is 0.199 e. The van der Waals surface area contributed by atoms with Gasteiger partial charge in [-0.25, -0.2) is 14.4 Å². The summed E-state index contributed by atoms with van der Waals surface area (Å²) in [6.45, 7) is 3.45. The molecule has 1 unspecified atom stereocenters. The number of allylic oxidation sites excluding steroid dienone is 1. The van der Waals surface area contributed by atoms with Crippen molar-refractivity contribution >= 4 is 39.9 Å². The Labute approximate surface area is 117 Å². The maximum Gasteiger partial charge on any atom is 0.199 e. The van der Waals surface area contributed by atoms with Gasteiger partial charge in [0.15, 0.2) is 17.2 Å². The van der Waals surface area contributed by atoms with E-state index in [1.165, 1.54) is 4.31 Å². The molecule has 4 nitrogen and oxygen atoms in total. The van der Waals surface area contributed by atoms with E-state index in [0.717, 1.165) is 0 Å². The van der Waals surface area contributed by atoms with Crippen LogP contribution in [0.15, 0.2) is 28.7 Å². The zero-order valence-corrected chi connectivity index (χ0v) is 12.0. The molecule has 18 heavy (non-hydrogen) atoms. The third kappa shape index (κ3) is 2.06. The number of anilines is 1. The second-order valence-corrected chi connectivity index (χ2v) is 6.16. The monoisotopic (exact) mass is 307 g/mol. The molecule has 0 aliphatic carbocycles. The molecular formula is C11H11Cl2NO3S. The molecule has 7 heteroatoms. The zero-order chi connectivity index (χ0) is 13.4. The number of halogens is 2. The van der Waals surface area contributed by atoms with E-state index in [-0.39, 0.29) is 0 Å². The molecule has 1 heterocycles. The van der Waals surface area contributed by atoms with Crippen molar-refractivity contribution in [2.45, 2.75) is 20.1 Å². The van der Waals surface area contributed by atoms with E-state index in [4.69, 9.17) is 28.5 Å². The highest BCUT2D eigenvalue weighted by molar-refractivity contribution is 7.90. The minimum Gasteiger partial charge on any atom is -0.251 e. The van der Waals surface area contributed by atoms with Gasteiger partial charge in [0.1, 0.15) is 0 Å². The van der Waals surface area contributed by atoms with Crippen LogP contribution in [0.4, 0.5) is 5.69 Å². The van der Waals surface area contributed by atoms with Crippen LogP contribution in [0.1, 0.15) is 13.8 Å². The summed E-state index contributed by atoms with van der Waals surface area (Å²) in [6.07, 6.45) is -0.844. The number of rotatable bonds is 2. The molecule has 1 aliphatic rings. The summed E-state index contributed by atoms with van der Waals surface area (Å²) < 4.78 is 13.6. The van der Waals surface area contributed by atoms with Crippen LogP contribution in [0.2, 0.25) is 10.0 Å². The normalized spacial score (nSPS) is 23.9. The second kappa shape index (κ2) is 5.19. The van der Waals surface area contributed by atoms with Crippen molar-refractivity contribution in [3.8, 4) is 0 Å². The summed E-state index contributed by atoms with van der Waals surface area (Å²) in [5.74, 6) is 0. The number of para-hydroxylation sites is 1. The van der Waals surface area contributed by atoms with E-state index in [9.17, 15) is 4.21 Å². The minimum absolute atomic E-state index is 0.348. The van der Waals surface area contributed by atoms with E-state index in [1.807, 2.05) is 0 Å². The van der Waals surface area contributed by atoms with Gasteiger partial charge in [0.05, 0.1) is 15.7 Å². The van der Waals surface area contributed by atoms with Crippen LogP contribution in [0.3, 0.4) is 0 Å². The van der Waals surface area contributed by atoms with Crippen molar-refractivity contribution in [3.63, 3.8) is 0 Å². The summed E-state index contributed by atoms with van der Waals surface area (Å²) >= 11 is 12.2. The summed E-state index contributed by atoms with van der Waals surface area (Å²) in [4.78, 5) is 5.01. The average molecular weight is 308 g/mol. The maximum absolute atomic E-state index is 12.3. The highest BCUT2D eigenvalue weighted by Gasteiger charge is 2.38. The fourth-order valence-corrected chi connectivity index (χ4v) is 3.83. The van der Waals surface area contributed by atoms with Crippen molar-refractivity contribution in [2.24, 2.45) is 0 Å². The topological polar surface area (TPSA) is 49.8 Å². The van der Waals surface area contributed by atoms with Gasteiger partial charge in [-0.1, -0.05) is 29.3 Å². The summed E-state index contributed by atoms with van der Waals surface area (Å²) in [7, 11) is -1.48. The van der Waals surface area contributed by atoms with Crippen molar-refractivity contribution in [2.75, 3.05) is 4.31 Å². The Morgan fingerprint density at radius 1 is 1.33 bits per heavy atom. The molecule has 0 amide bonds. The van der Waals surface area contributed by atoms with Crippen LogP contribution in [-0.2, 0) is 15.9 Å². The Kier molecular flexibility index (Phi) is 3.99. The van der Waals surface area contributed by atoms with Gasteiger partial charge >= 0.3 is 0 Å². The third-order valence-electron chi connectivity index (χ3n) is 2.84. The molecule has 0 radical (unpaired) electrons. The maximum atomic E-state index is 12.3. The molecule has 0 saturated heterocycles. The first-order valence-corrected chi connectivity index (χ1v) is 6.98. The highest BCUT2D eigenvalue weighted by Crippen LogP contribution is 2.41. The van der Waals surface area contributed by atoms with E-state index in [1.54, 1.807) is 32.0 Å². The van der Waals surface area contributed by atoms with E-state index >= 15 is 0 Å². The molecule has 1 aromatic carbocycles. The Morgan fingerprint density at radius 3 is 2.39 bits per heavy atom. The predicted octanol–water partition coefficient (Wildman–Crippen LogP) is 3.59. The van der Waals surface area contributed by atoms with Gasteiger partial charge in [0.2, 0.25) is 0 Å². The molecule has 1 aliphatic heterocycles. The van der Waals surface area contributed by atoms with Crippen LogP contribution >= 0.6 is 23.2 Å². The quantitative estimate of drug-likeness (QED) is 0.671. The van der Waals surface area contributed by atoms with Gasteiger partial charge in [0, 0.05) is 4.91 Å². The molecule has 2 atom stereocenters. The number of hydrogen-bond donors (Lipinski definition) is 1. The first-order chi connectivity index (χ1) is 8.49. The third-order valence-corrected chi connectivity index (χ3v) is 5.02. The molecular weight excluding hydrogens is 297 g/mol. The van der Waals surface area contributed by atoms with Crippen molar-refractivity contribution in [1.29, 1.82) is 0 Å². The van der Waals surface area contributed by atoms with Gasteiger partial charge in [-0.15, -0.1) is 0 Å². The molecule has 98 valence electrons. The van der Waals surface area contributed by atoms with Gasteiger partial charge < -0.3 is 0 Å².